The Morgan fingerprint density at radius 3 is 3.05 bits per heavy atom. The van der Waals surface area contributed by atoms with Crippen LogP contribution in [0.4, 0.5) is 0 Å². The average Bonchev–Trinajstić information content (AvgIpc) is 2.85. The minimum Gasteiger partial charge on any atom is -0.311 e. The molecule has 0 fully saturated rings. The van der Waals surface area contributed by atoms with Gasteiger partial charge in [0.15, 0.2) is 0 Å². The maximum atomic E-state index is 4.16. The van der Waals surface area contributed by atoms with Crippen LogP contribution in [0.3, 0.4) is 0 Å². The Morgan fingerprint density at radius 1 is 1.47 bits per heavy atom. The van der Waals surface area contributed by atoms with E-state index in [4.69, 9.17) is 0 Å². The molecule has 0 atom stereocenters. The van der Waals surface area contributed by atoms with Gasteiger partial charge in [0.25, 0.3) is 0 Å². The van der Waals surface area contributed by atoms with Crippen LogP contribution >= 0.6 is 0 Å². The zero-order valence-electron chi connectivity index (χ0n) is 12.3. The monoisotopic (exact) mass is 265 g/mol. The van der Waals surface area contributed by atoms with E-state index >= 15 is 0 Å². The van der Waals surface area contributed by atoms with Gasteiger partial charge in [0.1, 0.15) is 0 Å². The van der Waals surface area contributed by atoms with Crippen molar-refractivity contribution in [1.29, 1.82) is 0 Å². The molecule has 0 saturated carbocycles. The number of nitrogens with one attached hydrogen (secondary N) is 1. The number of hydrogen-bond acceptors (Lipinski definition) is 4. The summed E-state index contributed by atoms with van der Waals surface area (Å²) in [4.78, 5) is 2.32. The summed E-state index contributed by atoms with van der Waals surface area (Å²) in [5, 5.41) is 11.6. The smallest absolute Gasteiger partial charge is 0.0964 e. The van der Waals surface area contributed by atoms with Crippen LogP contribution in [0.2, 0.25) is 0 Å². The molecular weight excluding hydrogens is 238 g/mol. The Balaban J connectivity index is 2.19. The molecule has 1 N–H and O–H groups in total. The van der Waals surface area contributed by atoms with E-state index in [0.717, 1.165) is 51.3 Å². The molecule has 0 aliphatic rings. The Labute approximate surface area is 116 Å². The molecule has 0 aliphatic heterocycles. The lowest BCUT2D eigenvalue weighted by Gasteiger charge is -2.15. The van der Waals surface area contributed by atoms with Crippen LogP contribution in [-0.2, 0) is 13.1 Å². The zero-order valence-corrected chi connectivity index (χ0v) is 12.3. The molecule has 0 radical (unpaired) electrons. The van der Waals surface area contributed by atoms with Crippen LogP contribution in [0, 0.1) is 0 Å². The molecule has 1 aromatic heterocycles. The summed E-state index contributed by atoms with van der Waals surface area (Å²) in [6.07, 6.45) is 7.40. The Kier molecular flexibility index (Phi) is 8.09. The third-order valence-electron chi connectivity index (χ3n) is 2.98. The first-order valence-electron chi connectivity index (χ1n) is 7.15. The van der Waals surface area contributed by atoms with E-state index in [-0.39, 0.29) is 0 Å². The van der Waals surface area contributed by atoms with Crippen LogP contribution in [0.25, 0.3) is 0 Å². The van der Waals surface area contributed by atoms with Crippen molar-refractivity contribution in [3.05, 3.63) is 24.5 Å². The van der Waals surface area contributed by atoms with Crippen molar-refractivity contribution in [1.82, 2.24) is 25.2 Å². The normalized spacial score (nSPS) is 11.1. The fraction of sp³-hybridized carbons (Fsp3) is 0.714. The van der Waals surface area contributed by atoms with Crippen LogP contribution in [0.1, 0.15) is 31.9 Å². The van der Waals surface area contributed by atoms with Crippen molar-refractivity contribution in [3.63, 3.8) is 0 Å². The van der Waals surface area contributed by atoms with Crippen molar-refractivity contribution in [2.24, 2.45) is 0 Å². The van der Waals surface area contributed by atoms with Gasteiger partial charge in [0.05, 0.1) is 12.2 Å². The first-order valence-corrected chi connectivity index (χ1v) is 7.15. The van der Waals surface area contributed by atoms with Crippen LogP contribution in [-0.4, -0.2) is 46.6 Å². The van der Waals surface area contributed by atoms with Gasteiger partial charge >= 0.3 is 0 Å². The molecule has 0 bridgehead atoms. The lowest BCUT2D eigenvalue weighted by Crippen LogP contribution is -2.24. The molecule has 0 spiro atoms. The number of unbranched alkanes of at least 4 members (excludes halogenated alkanes) is 1. The SMILES string of the molecule is C=CCCCN(C)CCn1cc(CNCCC)nn1. The number of likely N-dealkylation sites (N-methyl/N-ethyl adjacent to an activating group) is 1. The van der Waals surface area contributed by atoms with E-state index in [9.17, 15) is 0 Å². The highest BCUT2D eigenvalue weighted by atomic mass is 15.4. The molecule has 1 aromatic rings. The Hall–Kier alpha value is -1.20. The first-order chi connectivity index (χ1) is 9.26. The summed E-state index contributed by atoms with van der Waals surface area (Å²) in [7, 11) is 2.14. The summed E-state index contributed by atoms with van der Waals surface area (Å²) in [5.74, 6) is 0. The highest BCUT2D eigenvalue weighted by Gasteiger charge is 2.02. The van der Waals surface area contributed by atoms with Gasteiger partial charge in [-0.25, -0.2) is 0 Å². The standard InChI is InChI=1S/C14H27N5/c1-4-6-7-9-18(3)10-11-19-13-14(16-17-19)12-15-8-5-2/h4,13,15H,1,5-12H2,2-3H3. The fourth-order valence-electron chi connectivity index (χ4n) is 1.81. The number of nitrogens with zero attached hydrogens (tertiary/aromatic N) is 4. The van der Waals surface area contributed by atoms with Gasteiger partial charge in [-0.1, -0.05) is 18.2 Å². The second kappa shape index (κ2) is 9.69. The molecule has 1 rings (SSSR count). The molecule has 0 aliphatic carbocycles. The van der Waals surface area contributed by atoms with Gasteiger partial charge in [0, 0.05) is 19.3 Å². The number of rotatable bonds is 11. The minimum atomic E-state index is 0.809. The number of allylic oxidation sites excluding steroid dienone is 1. The average molecular weight is 265 g/mol. The molecule has 5 heteroatoms. The zero-order chi connectivity index (χ0) is 13.9. The molecule has 0 saturated heterocycles. The lowest BCUT2D eigenvalue weighted by molar-refractivity contribution is 0.308. The molecular formula is C14H27N5. The summed E-state index contributed by atoms with van der Waals surface area (Å²) in [6, 6.07) is 0. The van der Waals surface area contributed by atoms with E-state index in [1.807, 2.05) is 17.0 Å². The number of hydrogen-bond donors (Lipinski definition) is 1. The Bertz CT molecular complexity index is 347. The van der Waals surface area contributed by atoms with E-state index in [2.05, 4.69) is 41.1 Å². The van der Waals surface area contributed by atoms with E-state index in [1.165, 1.54) is 6.42 Å². The van der Waals surface area contributed by atoms with E-state index < -0.39 is 0 Å². The van der Waals surface area contributed by atoms with Gasteiger partial charge in [-0.2, -0.15) is 0 Å². The van der Waals surface area contributed by atoms with Crippen molar-refractivity contribution >= 4 is 0 Å². The quantitative estimate of drug-likeness (QED) is 0.488. The summed E-state index contributed by atoms with van der Waals surface area (Å²) < 4.78 is 1.92. The largest absolute Gasteiger partial charge is 0.311 e. The minimum absolute atomic E-state index is 0.809. The van der Waals surface area contributed by atoms with Crippen molar-refractivity contribution in [2.45, 2.75) is 39.3 Å². The highest BCUT2D eigenvalue weighted by molar-refractivity contribution is 4.91. The summed E-state index contributed by atoms with van der Waals surface area (Å²) in [6.45, 7) is 10.7. The summed E-state index contributed by atoms with van der Waals surface area (Å²) in [5.41, 5.74) is 1.02. The maximum absolute atomic E-state index is 4.16. The first kappa shape index (κ1) is 15.9. The van der Waals surface area contributed by atoms with Gasteiger partial charge in [-0.15, -0.1) is 11.7 Å². The van der Waals surface area contributed by atoms with Crippen molar-refractivity contribution < 1.29 is 0 Å². The summed E-state index contributed by atoms with van der Waals surface area (Å²) >= 11 is 0. The third-order valence-corrected chi connectivity index (χ3v) is 2.98. The number of aromatic nitrogens is 3. The predicted octanol–water partition coefficient (Wildman–Crippen LogP) is 1.68. The fourth-order valence-corrected chi connectivity index (χ4v) is 1.81. The second-order valence-electron chi connectivity index (χ2n) is 4.88. The van der Waals surface area contributed by atoms with Crippen LogP contribution in [0.5, 0.6) is 0 Å². The second-order valence-corrected chi connectivity index (χ2v) is 4.88. The molecule has 1 heterocycles. The molecule has 5 nitrogen and oxygen atoms in total. The molecule has 0 unspecified atom stereocenters. The molecule has 0 aromatic carbocycles. The lowest BCUT2D eigenvalue weighted by atomic mass is 10.3. The molecule has 0 amide bonds. The van der Waals surface area contributed by atoms with Crippen molar-refractivity contribution in [2.75, 3.05) is 26.7 Å². The highest BCUT2D eigenvalue weighted by Crippen LogP contribution is 1.96. The maximum Gasteiger partial charge on any atom is 0.0964 e. The third kappa shape index (κ3) is 7.08. The van der Waals surface area contributed by atoms with Crippen LogP contribution < -0.4 is 5.32 Å². The predicted molar refractivity (Wildman–Crippen MR) is 78.9 cm³/mol. The van der Waals surface area contributed by atoms with Gasteiger partial charge in [-0.3, -0.25) is 4.68 Å². The van der Waals surface area contributed by atoms with Gasteiger partial charge in [0.2, 0.25) is 0 Å². The topological polar surface area (TPSA) is 46.0 Å². The van der Waals surface area contributed by atoms with Gasteiger partial charge in [-0.05, 0) is 39.4 Å². The molecule has 108 valence electrons. The molecule has 19 heavy (non-hydrogen) atoms. The van der Waals surface area contributed by atoms with Crippen molar-refractivity contribution in [3.8, 4) is 0 Å². The Morgan fingerprint density at radius 2 is 2.32 bits per heavy atom. The van der Waals surface area contributed by atoms with E-state index in [1.54, 1.807) is 0 Å². The van der Waals surface area contributed by atoms with E-state index in [0.29, 0.717) is 0 Å². The van der Waals surface area contributed by atoms with Gasteiger partial charge < -0.3 is 10.2 Å². The van der Waals surface area contributed by atoms with Crippen LogP contribution in [0.15, 0.2) is 18.9 Å².